The molecule has 6 heteroatoms. The van der Waals surface area contributed by atoms with Gasteiger partial charge in [-0.15, -0.1) is 0 Å². The quantitative estimate of drug-likeness (QED) is 0.514. The van der Waals surface area contributed by atoms with E-state index in [1.54, 1.807) is 37.5 Å². The molecule has 2 amide bonds. The maximum absolute atomic E-state index is 13.0. The molecule has 0 saturated heterocycles. The van der Waals surface area contributed by atoms with Crippen LogP contribution in [-0.2, 0) is 0 Å². The van der Waals surface area contributed by atoms with Crippen molar-refractivity contribution in [3.63, 3.8) is 0 Å². The highest BCUT2D eigenvalue weighted by atomic mass is 16.5. The van der Waals surface area contributed by atoms with Crippen molar-refractivity contribution in [1.29, 1.82) is 0 Å². The predicted molar refractivity (Wildman–Crippen MR) is 107 cm³/mol. The summed E-state index contributed by atoms with van der Waals surface area (Å²) in [6.45, 7) is 4.80. The lowest BCUT2D eigenvalue weighted by molar-refractivity contribution is 0.0587. The Morgan fingerprint density at radius 1 is 0.964 bits per heavy atom. The van der Waals surface area contributed by atoms with Gasteiger partial charge in [-0.1, -0.05) is 18.2 Å². The lowest BCUT2D eigenvalue weighted by Gasteiger charge is -2.26. The molecule has 0 radical (unpaired) electrons. The molecule has 0 N–H and O–H groups in total. The molecule has 0 bridgehead atoms. The highest BCUT2D eigenvalue weighted by Crippen LogP contribution is 2.37. The molecular formula is C22H24N2O4. The van der Waals surface area contributed by atoms with Crippen molar-refractivity contribution in [2.75, 3.05) is 20.3 Å². The average Bonchev–Trinajstić information content (AvgIpc) is 2.96. The Kier molecular flexibility index (Phi) is 6.09. The van der Waals surface area contributed by atoms with Gasteiger partial charge in [-0.25, -0.2) is 0 Å². The van der Waals surface area contributed by atoms with Gasteiger partial charge in [0, 0.05) is 19.7 Å². The third-order valence-electron chi connectivity index (χ3n) is 4.60. The van der Waals surface area contributed by atoms with E-state index >= 15 is 0 Å². The Morgan fingerprint density at radius 2 is 1.57 bits per heavy atom. The van der Waals surface area contributed by atoms with Gasteiger partial charge in [0.15, 0.2) is 11.5 Å². The molecule has 2 aromatic carbocycles. The molecular weight excluding hydrogens is 356 g/mol. The Morgan fingerprint density at radius 3 is 2.14 bits per heavy atom. The van der Waals surface area contributed by atoms with Gasteiger partial charge in [0.2, 0.25) is 0 Å². The number of fused-ring (bicyclic) bond motifs is 1. The third-order valence-corrected chi connectivity index (χ3v) is 4.60. The summed E-state index contributed by atoms with van der Waals surface area (Å²) in [6, 6.07) is 11.9. The van der Waals surface area contributed by atoms with Gasteiger partial charge in [0.1, 0.15) is 0 Å². The molecule has 146 valence electrons. The van der Waals surface area contributed by atoms with Gasteiger partial charge in [-0.3, -0.25) is 14.5 Å². The molecule has 0 aliphatic carbocycles. The standard InChI is InChI=1S/C22H24N2O4/c1-4-27-19-11-10-15(14-20(19)28-5-2)18(12-13-23-3)24-21(25)16-8-6-7-9-17(16)22(24)26/h6-11,13-14,18H,4-5,12H2,1-3H3. The van der Waals surface area contributed by atoms with Crippen LogP contribution in [0.1, 0.15) is 52.6 Å². The van der Waals surface area contributed by atoms with E-state index in [9.17, 15) is 9.59 Å². The number of nitrogens with zero attached hydrogens (tertiary/aromatic N) is 2. The summed E-state index contributed by atoms with van der Waals surface area (Å²) >= 11 is 0. The first-order chi connectivity index (χ1) is 13.6. The zero-order valence-electron chi connectivity index (χ0n) is 16.3. The summed E-state index contributed by atoms with van der Waals surface area (Å²) in [5.41, 5.74) is 1.66. The SMILES string of the molecule is CCOc1ccc(C(CC=NC)N2C(=O)c3ccccc3C2=O)cc1OCC. The largest absolute Gasteiger partial charge is 0.490 e. The number of rotatable bonds is 8. The van der Waals surface area contributed by atoms with E-state index in [1.807, 2.05) is 32.0 Å². The summed E-state index contributed by atoms with van der Waals surface area (Å²) in [5.74, 6) is 0.652. The van der Waals surface area contributed by atoms with Crippen LogP contribution in [0.25, 0.3) is 0 Å². The molecule has 1 aliphatic rings. The number of carbonyl (C=O) groups excluding carboxylic acids is 2. The molecule has 0 saturated carbocycles. The maximum atomic E-state index is 13.0. The van der Waals surface area contributed by atoms with E-state index in [4.69, 9.17) is 9.47 Å². The van der Waals surface area contributed by atoms with Crippen molar-refractivity contribution in [2.24, 2.45) is 4.99 Å². The molecule has 0 aromatic heterocycles. The first kappa shape index (κ1) is 19.6. The highest BCUT2D eigenvalue weighted by Gasteiger charge is 2.40. The first-order valence-electron chi connectivity index (χ1n) is 9.39. The van der Waals surface area contributed by atoms with Gasteiger partial charge < -0.3 is 14.5 Å². The van der Waals surface area contributed by atoms with Crippen LogP contribution in [0.15, 0.2) is 47.5 Å². The fourth-order valence-electron chi connectivity index (χ4n) is 3.36. The summed E-state index contributed by atoms with van der Waals surface area (Å²) < 4.78 is 11.3. The minimum Gasteiger partial charge on any atom is -0.490 e. The van der Waals surface area contributed by atoms with Gasteiger partial charge in [0.05, 0.1) is 30.4 Å². The number of aliphatic imine (C=N–C) groups is 1. The number of hydrogen-bond donors (Lipinski definition) is 0. The summed E-state index contributed by atoms with van der Waals surface area (Å²) in [4.78, 5) is 31.3. The van der Waals surface area contributed by atoms with Crippen LogP contribution in [0, 0.1) is 0 Å². The fourth-order valence-corrected chi connectivity index (χ4v) is 3.36. The first-order valence-corrected chi connectivity index (χ1v) is 9.39. The zero-order valence-corrected chi connectivity index (χ0v) is 16.3. The molecule has 3 rings (SSSR count). The Bertz CT molecular complexity index is 872. The topological polar surface area (TPSA) is 68.2 Å². The van der Waals surface area contributed by atoms with Crippen LogP contribution < -0.4 is 9.47 Å². The maximum Gasteiger partial charge on any atom is 0.262 e. The van der Waals surface area contributed by atoms with E-state index in [0.29, 0.717) is 42.3 Å². The van der Waals surface area contributed by atoms with Crippen molar-refractivity contribution in [3.8, 4) is 11.5 Å². The van der Waals surface area contributed by atoms with Gasteiger partial charge in [-0.05, 0) is 43.7 Å². The van der Waals surface area contributed by atoms with E-state index < -0.39 is 6.04 Å². The van der Waals surface area contributed by atoms with Gasteiger partial charge in [0.25, 0.3) is 11.8 Å². The van der Waals surface area contributed by atoms with Crippen molar-refractivity contribution in [3.05, 3.63) is 59.2 Å². The molecule has 1 unspecified atom stereocenters. The van der Waals surface area contributed by atoms with Crippen LogP contribution in [0.4, 0.5) is 0 Å². The van der Waals surface area contributed by atoms with Crippen LogP contribution >= 0.6 is 0 Å². The molecule has 0 fully saturated rings. The second kappa shape index (κ2) is 8.69. The van der Waals surface area contributed by atoms with E-state index in [-0.39, 0.29) is 11.8 Å². The molecule has 1 heterocycles. The molecule has 2 aromatic rings. The number of benzene rings is 2. The third kappa shape index (κ3) is 3.63. The smallest absolute Gasteiger partial charge is 0.262 e. The lowest BCUT2D eigenvalue weighted by atomic mass is 10.0. The Hall–Kier alpha value is -3.15. The molecule has 6 nitrogen and oxygen atoms in total. The number of carbonyl (C=O) groups is 2. The second-order valence-corrected chi connectivity index (χ2v) is 6.29. The Labute approximate surface area is 164 Å². The molecule has 28 heavy (non-hydrogen) atoms. The fraction of sp³-hybridized carbons (Fsp3) is 0.318. The number of imide groups is 1. The van der Waals surface area contributed by atoms with Crippen LogP contribution in [0.3, 0.4) is 0 Å². The van der Waals surface area contributed by atoms with Crippen LogP contribution in [-0.4, -0.2) is 43.2 Å². The number of ether oxygens (including phenoxy) is 2. The lowest BCUT2D eigenvalue weighted by Crippen LogP contribution is -2.34. The van der Waals surface area contributed by atoms with E-state index in [2.05, 4.69) is 4.99 Å². The number of hydrogen-bond acceptors (Lipinski definition) is 5. The highest BCUT2D eigenvalue weighted by molar-refractivity contribution is 6.21. The van der Waals surface area contributed by atoms with E-state index in [0.717, 1.165) is 5.56 Å². The monoisotopic (exact) mass is 380 g/mol. The minimum absolute atomic E-state index is 0.290. The summed E-state index contributed by atoms with van der Waals surface area (Å²) in [7, 11) is 1.67. The van der Waals surface area contributed by atoms with Crippen LogP contribution in [0.2, 0.25) is 0 Å². The molecule has 1 atom stereocenters. The van der Waals surface area contributed by atoms with Gasteiger partial charge >= 0.3 is 0 Å². The minimum atomic E-state index is -0.481. The molecule has 0 spiro atoms. The normalized spacial score (nSPS) is 14.5. The summed E-state index contributed by atoms with van der Waals surface area (Å²) in [5, 5.41) is 0. The molecule has 1 aliphatic heterocycles. The van der Waals surface area contributed by atoms with Crippen molar-refractivity contribution in [2.45, 2.75) is 26.3 Å². The van der Waals surface area contributed by atoms with Crippen molar-refractivity contribution in [1.82, 2.24) is 4.90 Å². The second-order valence-electron chi connectivity index (χ2n) is 6.29. The zero-order chi connectivity index (χ0) is 20.1. The van der Waals surface area contributed by atoms with Crippen LogP contribution in [0.5, 0.6) is 11.5 Å². The van der Waals surface area contributed by atoms with Crippen molar-refractivity contribution < 1.29 is 19.1 Å². The summed E-state index contributed by atoms with van der Waals surface area (Å²) in [6.07, 6.45) is 2.13. The average molecular weight is 380 g/mol. The van der Waals surface area contributed by atoms with Crippen molar-refractivity contribution >= 4 is 18.0 Å². The Balaban J connectivity index is 2.03. The number of amides is 2. The predicted octanol–water partition coefficient (Wildman–Crippen LogP) is 3.91. The van der Waals surface area contributed by atoms with E-state index in [1.165, 1.54) is 4.90 Å². The van der Waals surface area contributed by atoms with Gasteiger partial charge in [-0.2, -0.15) is 0 Å².